The molecule has 0 saturated carbocycles. The monoisotopic (exact) mass is 374 g/mol. The number of hydrogen-bond donors (Lipinski definition) is 1. The van der Waals surface area contributed by atoms with Gasteiger partial charge >= 0.3 is 0 Å². The molecule has 2 aromatic rings. The Kier molecular flexibility index (Phi) is 4.98. The van der Waals surface area contributed by atoms with Gasteiger partial charge in [-0.15, -0.1) is 0 Å². The maximum absolute atomic E-state index is 12.8. The molecule has 0 radical (unpaired) electrons. The molecule has 4 nitrogen and oxygen atoms in total. The van der Waals surface area contributed by atoms with Gasteiger partial charge < -0.3 is 15.0 Å². The molecule has 0 aliphatic carbocycles. The van der Waals surface area contributed by atoms with E-state index in [0.717, 1.165) is 34.6 Å². The Morgan fingerprint density at radius 1 is 1.22 bits per heavy atom. The van der Waals surface area contributed by atoms with Gasteiger partial charge in [-0.25, -0.2) is 0 Å². The van der Waals surface area contributed by atoms with E-state index in [4.69, 9.17) is 4.74 Å². The number of nitrogens with one attached hydrogen (secondary N) is 1. The van der Waals surface area contributed by atoms with Crippen LogP contribution in [0.3, 0.4) is 0 Å². The summed E-state index contributed by atoms with van der Waals surface area (Å²) in [6.07, 6.45) is 0. The number of benzene rings is 2. The van der Waals surface area contributed by atoms with Gasteiger partial charge in [-0.05, 0) is 45.8 Å². The smallest absolute Gasteiger partial charge is 0.233 e. The lowest BCUT2D eigenvalue weighted by atomic mass is 10.0. The number of nitrogens with zero attached hydrogens (tertiary/aromatic N) is 1. The first-order valence-electron chi connectivity index (χ1n) is 7.58. The maximum atomic E-state index is 12.8. The van der Waals surface area contributed by atoms with E-state index < -0.39 is 0 Å². The third kappa shape index (κ3) is 3.57. The van der Waals surface area contributed by atoms with Gasteiger partial charge in [0.15, 0.2) is 0 Å². The van der Waals surface area contributed by atoms with Gasteiger partial charge in [0.25, 0.3) is 0 Å². The third-order valence-corrected chi connectivity index (χ3v) is 4.71. The van der Waals surface area contributed by atoms with E-state index in [1.165, 1.54) is 0 Å². The van der Waals surface area contributed by atoms with Crippen LogP contribution in [-0.4, -0.2) is 26.1 Å². The molecule has 120 valence electrons. The molecule has 1 heterocycles. The SMILES string of the molecule is COc1ccc(CN(C(=O)C2CNC2)c2ccccc2Br)cc1. The first-order valence-corrected chi connectivity index (χ1v) is 8.38. The fraction of sp³-hybridized carbons (Fsp3) is 0.278. The Hall–Kier alpha value is -1.85. The van der Waals surface area contributed by atoms with Crippen molar-refractivity contribution in [3.05, 3.63) is 58.6 Å². The fourth-order valence-electron chi connectivity index (χ4n) is 2.55. The van der Waals surface area contributed by atoms with Gasteiger partial charge in [0, 0.05) is 17.6 Å². The van der Waals surface area contributed by atoms with Crippen molar-refractivity contribution in [2.24, 2.45) is 5.92 Å². The Morgan fingerprint density at radius 2 is 1.91 bits per heavy atom. The normalized spacial score (nSPS) is 14.2. The highest BCUT2D eigenvalue weighted by Crippen LogP contribution is 2.29. The van der Waals surface area contributed by atoms with E-state index in [9.17, 15) is 4.79 Å². The summed E-state index contributed by atoms with van der Waals surface area (Å²) >= 11 is 3.56. The number of rotatable bonds is 5. The molecular formula is C18H19BrN2O2. The second-order valence-corrected chi connectivity index (χ2v) is 6.43. The van der Waals surface area contributed by atoms with Crippen molar-refractivity contribution in [2.45, 2.75) is 6.54 Å². The quantitative estimate of drug-likeness (QED) is 0.873. The van der Waals surface area contributed by atoms with E-state index in [0.29, 0.717) is 6.54 Å². The van der Waals surface area contributed by atoms with Crippen LogP contribution < -0.4 is 15.0 Å². The molecule has 23 heavy (non-hydrogen) atoms. The molecule has 1 aliphatic heterocycles. The number of methoxy groups -OCH3 is 1. The molecule has 1 amide bonds. The standard InChI is InChI=1S/C18H19BrN2O2/c1-23-15-8-6-13(7-9-15)12-21(18(22)14-10-20-11-14)17-5-3-2-4-16(17)19/h2-9,14,20H,10-12H2,1H3. The predicted molar refractivity (Wildman–Crippen MR) is 94.7 cm³/mol. The molecule has 1 fully saturated rings. The number of carbonyl (C=O) groups is 1. The third-order valence-electron chi connectivity index (χ3n) is 4.04. The highest BCUT2D eigenvalue weighted by atomic mass is 79.9. The first kappa shape index (κ1) is 16.0. The molecule has 2 aromatic carbocycles. The van der Waals surface area contributed by atoms with Crippen molar-refractivity contribution in [1.29, 1.82) is 0 Å². The second kappa shape index (κ2) is 7.15. The van der Waals surface area contributed by atoms with Gasteiger partial charge in [-0.3, -0.25) is 4.79 Å². The van der Waals surface area contributed by atoms with E-state index in [2.05, 4.69) is 21.2 Å². The van der Waals surface area contributed by atoms with Crippen molar-refractivity contribution >= 4 is 27.5 Å². The summed E-state index contributed by atoms with van der Waals surface area (Å²) in [4.78, 5) is 14.7. The molecule has 1 saturated heterocycles. The Morgan fingerprint density at radius 3 is 2.48 bits per heavy atom. The topological polar surface area (TPSA) is 41.6 Å². The largest absolute Gasteiger partial charge is 0.497 e. The van der Waals surface area contributed by atoms with Crippen LogP contribution >= 0.6 is 15.9 Å². The van der Waals surface area contributed by atoms with Gasteiger partial charge in [0.2, 0.25) is 5.91 Å². The highest BCUT2D eigenvalue weighted by Gasteiger charge is 2.30. The number of para-hydroxylation sites is 1. The van der Waals surface area contributed by atoms with Crippen LogP contribution in [0.1, 0.15) is 5.56 Å². The summed E-state index contributed by atoms with van der Waals surface area (Å²) in [5, 5.41) is 3.17. The lowest BCUT2D eigenvalue weighted by Crippen LogP contribution is -2.52. The molecule has 0 atom stereocenters. The van der Waals surface area contributed by atoms with E-state index in [1.54, 1.807) is 7.11 Å². The molecular weight excluding hydrogens is 356 g/mol. The summed E-state index contributed by atoms with van der Waals surface area (Å²) in [5.41, 5.74) is 1.97. The van der Waals surface area contributed by atoms with Crippen molar-refractivity contribution in [2.75, 3.05) is 25.1 Å². The maximum Gasteiger partial charge on any atom is 0.233 e. The van der Waals surface area contributed by atoms with Crippen molar-refractivity contribution in [3.63, 3.8) is 0 Å². The molecule has 0 bridgehead atoms. The number of carbonyl (C=O) groups excluding carboxylic acids is 1. The zero-order valence-corrected chi connectivity index (χ0v) is 14.5. The van der Waals surface area contributed by atoms with Crippen LogP contribution in [0.2, 0.25) is 0 Å². The molecule has 3 rings (SSSR count). The summed E-state index contributed by atoms with van der Waals surface area (Å²) in [6.45, 7) is 2.05. The first-order chi connectivity index (χ1) is 11.2. The summed E-state index contributed by atoms with van der Waals surface area (Å²) in [7, 11) is 1.65. The van der Waals surface area contributed by atoms with Crippen molar-refractivity contribution in [1.82, 2.24) is 5.32 Å². The lowest BCUT2D eigenvalue weighted by molar-refractivity contribution is -0.123. The zero-order valence-electron chi connectivity index (χ0n) is 13.0. The second-order valence-electron chi connectivity index (χ2n) is 5.58. The summed E-state index contributed by atoms with van der Waals surface area (Å²) in [5.74, 6) is 1.03. The van der Waals surface area contributed by atoms with Gasteiger partial charge in [-0.2, -0.15) is 0 Å². The van der Waals surface area contributed by atoms with Gasteiger partial charge in [0.05, 0.1) is 25.3 Å². The Labute approximate surface area is 144 Å². The van der Waals surface area contributed by atoms with Crippen LogP contribution in [-0.2, 0) is 11.3 Å². The van der Waals surface area contributed by atoms with E-state index in [1.807, 2.05) is 53.4 Å². The number of halogens is 1. The zero-order chi connectivity index (χ0) is 16.2. The minimum absolute atomic E-state index is 0.0559. The molecule has 1 aliphatic rings. The van der Waals surface area contributed by atoms with Crippen LogP contribution in [0.4, 0.5) is 5.69 Å². The average Bonchev–Trinajstić information content (AvgIpc) is 2.52. The molecule has 0 spiro atoms. The van der Waals surface area contributed by atoms with Crippen molar-refractivity contribution in [3.8, 4) is 5.75 Å². The lowest BCUT2D eigenvalue weighted by Gasteiger charge is -2.33. The van der Waals surface area contributed by atoms with E-state index >= 15 is 0 Å². The predicted octanol–water partition coefficient (Wildman–Crippen LogP) is 3.21. The van der Waals surface area contributed by atoms with Gasteiger partial charge in [0.1, 0.15) is 5.75 Å². The van der Waals surface area contributed by atoms with Crippen LogP contribution in [0.25, 0.3) is 0 Å². The van der Waals surface area contributed by atoms with Crippen LogP contribution in [0.15, 0.2) is 53.0 Å². The molecule has 5 heteroatoms. The van der Waals surface area contributed by atoms with Crippen LogP contribution in [0, 0.1) is 5.92 Å². The summed E-state index contributed by atoms with van der Waals surface area (Å²) in [6, 6.07) is 15.7. The average molecular weight is 375 g/mol. The number of anilines is 1. The number of amides is 1. The van der Waals surface area contributed by atoms with E-state index in [-0.39, 0.29) is 11.8 Å². The minimum Gasteiger partial charge on any atom is -0.497 e. The molecule has 0 unspecified atom stereocenters. The fourth-order valence-corrected chi connectivity index (χ4v) is 3.05. The number of hydrogen-bond acceptors (Lipinski definition) is 3. The Bertz CT molecular complexity index is 684. The number of ether oxygens (including phenoxy) is 1. The Balaban J connectivity index is 1.87. The molecule has 1 N–H and O–H groups in total. The highest BCUT2D eigenvalue weighted by molar-refractivity contribution is 9.10. The minimum atomic E-state index is 0.0559. The van der Waals surface area contributed by atoms with Crippen LogP contribution in [0.5, 0.6) is 5.75 Å². The van der Waals surface area contributed by atoms with Crippen molar-refractivity contribution < 1.29 is 9.53 Å². The summed E-state index contributed by atoms with van der Waals surface area (Å²) < 4.78 is 6.12. The molecule has 0 aromatic heterocycles. The van der Waals surface area contributed by atoms with Gasteiger partial charge in [-0.1, -0.05) is 24.3 Å².